The van der Waals surface area contributed by atoms with Crippen molar-refractivity contribution in [2.24, 2.45) is 0 Å². The van der Waals surface area contributed by atoms with Crippen LogP contribution in [0.2, 0.25) is 0 Å². The molecule has 0 spiro atoms. The van der Waals surface area contributed by atoms with Gasteiger partial charge < -0.3 is 20.5 Å². The minimum absolute atomic E-state index is 0.0527. The number of dihydropyridines is 1. The van der Waals surface area contributed by atoms with E-state index in [0.29, 0.717) is 34.7 Å². The molecule has 154 valence electrons. The first-order valence-corrected chi connectivity index (χ1v) is 9.97. The average molecular weight is 404 g/mol. The summed E-state index contributed by atoms with van der Waals surface area (Å²) in [6, 6.07) is 13.9. The van der Waals surface area contributed by atoms with Gasteiger partial charge in [0.05, 0.1) is 12.8 Å². The largest absolute Gasteiger partial charge is 0.508 e. The summed E-state index contributed by atoms with van der Waals surface area (Å²) in [7, 11) is 1.55. The molecule has 30 heavy (non-hydrogen) atoms. The van der Waals surface area contributed by atoms with Crippen LogP contribution in [0.5, 0.6) is 11.5 Å². The van der Waals surface area contributed by atoms with Crippen LogP contribution in [0.15, 0.2) is 71.1 Å². The Morgan fingerprint density at radius 3 is 2.60 bits per heavy atom. The Morgan fingerprint density at radius 1 is 1.13 bits per heavy atom. The van der Waals surface area contributed by atoms with Crippen LogP contribution >= 0.6 is 0 Å². The highest BCUT2D eigenvalue weighted by atomic mass is 16.5. The maximum absolute atomic E-state index is 13.4. The molecule has 0 bridgehead atoms. The highest BCUT2D eigenvalue weighted by Crippen LogP contribution is 2.43. The van der Waals surface area contributed by atoms with Crippen LogP contribution in [-0.4, -0.2) is 23.9 Å². The number of methoxy groups -OCH3 is 1. The number of amides is 1. The van der Waals surface area contributed by atoms with E-state index in [1.807, 2.05) is 19.1 Å². The van der Waals surface area contributed by atoms with E-state index in [0.717, 1.165) is 24.1 Å². The molecule has 6 nitrogen and oxygen atoms in total. The second kappa shape index (κ2) is 8.06. The molecule has 1 aliphatic heterocycles. The molecule has 0 saturated carbocycles. The zero-order chi connectivity index (χ0) is 21.3. The molecule has 1 amide bonds. The lowest BCUT2D eigenvalue weighted by atomic mass is 9.75. The highest BCUT2D eigenvalue weighted by molar-refractivity contribution is 6.10. The highest BCUT2D eigenvalue weighted by Gasteiger charge is 2.38. The van der Waals surface area contributed by atoms with Gasteiger partial charge in [0, 0.05) is 34.9 Å². The molecule has 0 aromatic heterocycles. The number of ketones is 1. The fourth-order valence-corrected chi connectivity index (χ4v) is 4.22. The monoisotopic (exact) mass is 404 g/mol. The third kappa shape index (κ3) is 3.56. The molecule has 2 aromatic rings. The summed E-state index contributed by atoms with van der Waals surface area (Å²) in [5.41, 5.74) is 4.08. The quantitative estimate of drug-likeness (QED) is 0.717. The molecule has 3 N–H and O–H groups in total. The van der Waals surface area contributed by atoms with E-state index in [1.54, 1.807) is 43.5 Å². The third-order valence-corrected chi connectivity index (χ3v) is 5.60. The number of anilines is 1. The van der Waals surface area contributed by atoms with Crippen LogP contribution in [0.4, 0.5) is 5.69 Å². The number of hydrogen-bond donors (Lipinski definition) is 3. The van der Waals surface area contributed by atoms with Crippen LogP contribution in [-0.2, 0) is 9.59 Å². The van der Waals surface area contributed by atoms with Crippen LogP contribution < -0.4 is 15.4 Å². The Kier molecular flexibility index (Phi) is 5.31. The Balaban J connectivity index is 1.78. The number of ether oxygens (including phenoxy) is 1. The standard InChI is InChI=1S/C24H24N2O4/c1-14-21(24(29)26-17-6-3-4-9-20(17)30-2)22(15-10-12-16(27)13-11-15)23-18(25-14)7-5-8-19(23)28/h3-4,6,9-13,22,25,27H,5,7-8H2,1-2H3,(H,26,29)/t22-/m0/s1. The maximum Gasteiger partial charge on any atom is 0.254 e. The molecule has 1 heterocycles. The molecule has 1 atom stereocenters. The summed E-state index contributed by atoms with van der Waals surface area (Å²) in [6.07, 6.45) is 2.03. The summed E-state index contributed by atoms with van der Waals surface area (Å²) in [5, 5.41) is 16.0. The first-order valence-electron chi connectivity index (χ1n) is 9.97. The van der Waals surface area contributed by atoms with Gasteiger partial charge in [-0.3, -0.25) is 9.59 Å². The number of carbonyl (C=O) groups excluding carboxylic acids is 2. The summed E-state index contributed by atoms with van der Waals surface area (Å²) in [5.74, 6) is -0.0472. The van der Waals surface area contributed by atoms with Gasteiger partial charge in [-0.2, -0.15) is 0 Å². The Morgan fingerprint density at radius 2 is 1.87 bits per heavy atom. The van der Waals surface area contributed by atoms with Crippen LogP contribution in [0.3, 0.4) is 0 Å². The molecule has 4 rings (SSSR count). The number of benzene rings is 2. The van der Waals surface area contributed by atoms with Crippen molar-refractivity contribution in [3.63, 3.8) is 0 Å². The van der Waals surface area contributed by atoms with Crippen LogP contribution in [0.25, 0.3) is 0 Å². The van der Waals surface area contributed by atoms with E-state index in [-0.39, 0.29) is 17.4 Å². The van der Waals surface area contributed by atoms with Crippen molar-refractivity contribution in [2.45, 2.75) is 32.1 Å². The predicted octanol–water partition coefficient (Wildman–Crippen LogP) is 4.01. The normalized spacial score (nSPS) is 18.6. The Hall–Kier alpha value is -3.54. The maximum atomic E-state index is 13.4. The van der Waals surface area contributed by atoms with E-state index >= 15 is 0 Å². The number of aromatic hydroxyl groups is 1. The number of Topliss-reactive ketones (excluding diaryl/α,β-unsaturated/α-hetero) is 1. The Bertz CT molecular complexity index is 1070. The molecule has 0 fully saturated rings. The summed E-state index contributed by atoms with van der Waals surface area (Å²) in [6.45, 7) is 1.85. The summed E-state index contributed by atoms with van der Waals surface area (Å²) >= 11 is 0. The minimum Gasteiger partial charge on any atom is -0.508 e. The van der Waals surface area contributed by atoms with Gasteiger partial charge in [-0.25, -0.2) is 0 Å². The van der Waals surface area contributed by atoms with Crippen LogP contribution in [0, 0.1) is 0 Å². The molecule has 0 radical (unpaired) electrons. The second-order valence-corrected chi connectivity index (χ2v) is 7.51. The van der Waals surface area contributed by atoms with Crippen molar-refractivity contribution in [1.29, 1.82) is 0 Å². The van der Waals surface area contributed by atoms with Gasteiger partial charge in [0.2, 0.25) is 0 Å². The molecule has 0 saturated heterocycles. The molecule has 2 aromatic carbocycles. The number of para-hydroxylation sites is 2. The SMILES string of the molecule is COc1ccccc1NC(=O)C1=C(C)NC2=C(C(=O)CCC2)[C@H]1c1ccc(O)cc1. The number of nitrogens with one attached hydrogen (secondary N) is 2. The number of phenols is 1. The number of rotatable bonds is 4. The van der Waals surface area contributed by atoms with Crippen molar-refractivity contribution in [3.8, 4) is 11.5 Å². The van der Waals surface area contributed by atoms with Crippen LogP contribution in [0.1, 0.15) is 37.7 Å². The lowest BCUT2D eigenvalue weighted by molar-refractivity contribution is -0.116. The van der Waals surface area contributed by atoms with Crippen molar-refractivity contribution in [2.75, 3.05) is 12.4 Å². The number of allylic oxidation sites excluding steroid dienone is 3. The van der Waals surface area contributed by atoms with Crippen molar-refractivity contribution < 1.29 is 19.4 Å². The van der Waals surface area contributed by atoms with E-state index in [4.69, 9.17) is 4.74 Å². The third-order valence-electron chi connectivity index (χ3n) is 5.60. The van der Waals surface area contributed by atoms with Gasteiger partial charge in [0.1, 0.15) is 11.5 Å². The van der Waals surface area contributed by atoms with Gasteiger partial charge in [-0.05, 0) is 49.6 Å². The molecule has 1 aliphatic carbocycles. The summed E-state index contributed by atoms with van der Waals surface area (Å²) < 4.78 is 5.35. The molecular formula is C24H24N2O4. The number of carbonyl (C=O) groups is 2. The predicted molar refractivity (Wildman–Crippen MR) is 114 cm³/mol. The van der Waals surface area contributed by atoms with Gasteiger partial charge in [-0.1, -0.05) is 24.3 Å². The van der Waals surface area contributed by atoms with Crippen molar-refractivity contribution >= 4 is 17.4 Å². The van der Waals surface area contributed by atoms with E-state index in [2.05, 4.69) is 10.6 Å². The zero-order valence-electron chi connectivity index (χ0n) is 17.0. The van der Waals surface area contributed by atoms with E-state index in [9.17, 15) is 14.7 Å². The number of hydrogen-bond acceptors (Lipinski definition) is 5. The zero-order valence-corrected chi connectivity index (χ0v) is 17.0. The fourth-order valence-electron chi connectivity index (χ4n) is 4.22. The van der Waals surface area contributed by atoms with E-state index < -0.39 is 5.92 Å². The minimum atomic E-state index is -0.496. The van der Waals surface area contributed by atoms with Gasteiger partial charge in [-0.15, -0.1) is 0 Å². The fraction of sp³-hybridized carbons (Fsp3) is 0.250. The molecule has 6 heteroatoms. The number of phenolic OH excluding ortho intramolecular Hbond substituents is 1. The molecular weight excluding hydrogens is 380 g/mol. The van der Waals surface area contributed by atoms with Gasteiger partial charge in [0.15, 0.2) is 5.78 Å². The lowest BCUT2D eigenvalue weighted by Crippen LogP contribution is -2.35. The van der Waals surface area contributed by atoms with Gasteiger partial charge in [0.25, 0.3) is 5.91 Å². The molecule has 2 aliphatic rings. The van der Waals surface area contributed by atoms with Gasteiger partial charge >= 0.3 is 0 Å². The first-order chi connectivity index (χ1) is 14.5. The van der Waals surface area contributed by atoms with E-state index in [1.165, 1.54) is 0 Å². The first kappa shape index (κ1) is 19.8. The summed E-state index contributed by atoms with van der Waals surface area (Å²) in [4.78, 5) is 26.3. The molecule has 0 unspecified atom stereocenters. The van der Waals surface area contributed by atoms with Crippen molar-refractivity contribution in [1.82, 2.24) is 5.32 Å². The smallest absolute Gasteiger partial charge is 0.254 e. The lowest BCUT2D eigenvalue weighted by Gasteiger charge is -2.34. The topological polar surface area (TPSA) is 87.7 Å². The average Bonchev–Trinajstić information content (AvgIpc) is 2.74. The van der Waals surface area contributed by atoms with Crippen molar-refractivity contribution in [3.05, 3.63) is 76.6 Å². The Labute approximate surface area is 175 Å². The second-order valence-electron chi connectivity index (χ2n) is 7.51.